The number of allylic oxidation sites excluding steroid dienone is 2. The highest BCUT2D eigenvalue weighted by molar-refractivity contribution is 6.32. The standard InChI is InChI=1S/C34H27Cl2FN2O6/c1-34-23(31(42)39(33(34)44)19-8-11-25(37)24(36)14-19)15-22-20(29(34)16-3-12-26(40)27(13-16)45-2)9-10-21-28(22)32(43)38(30(21)41)18-6-4-17(35)5-7-18/h3-9,11-14,21-23,28-29,40H,10,15H2,1-2H3/t21-,22+,23-,28-,29-,34+/m0/s1. The largest absolute Gasteiger partial charge is 0.504 e. The Labute approximate surface area is 268 Å². The fourth-order valence-electron chi connectivity index (χ4n) is 7.98. The van der Waals surface area contributed by atoms with E-state index >= 15 is 0 Å². The molecule has 0 radical (unpaired) electrons. The number of nitrogens with zero attached hydrogens (tertiary/aromatic N) is 2. The molecule has 3 fully saturated rings. The first-order valence-corrected chi connectivity index (χ1v) is 15.3. The Kier molecular flexibility index (Phi) is 6.83. The lowest BCUT2D eigenvalue weighted by Gasteiger charge is -2.49. The molecule has 0 aromatic heterocycles. The molecule has 3 aromatic carbocycles. The van der Waals surface area contributed by atoms with Crippen LogP contribution in [0.25, 0.3) is 0 Å². The molecule has 4 aliphatic rings. The van der Waals surface area contributed by atoms with Crippen LogP contribution >= 0.6 is 23.2 Å². The number of carbonyl (C=O) groups excluding carboxylic acids is 4. The number of halogens is 3. The molecule has 1 N–H and O–H groups in total. The number of amides is 4. The molecule has 4 amide bonds. The van der Waals surface area contributed by atoms with E-state index in [0.717, 1.165) is 16.5 Å². The molecule has 7 rings (SSSR count). The molecule has 230 valence electrons. The Balaban J connectivity index is 1.37. The summed E-state index contributed by atoms with van der Waals surface area (Å²) in [5.74, 6) is -5.79. The number of benzene rings is 3. The first kappa shape index (κ1) is 29.5. The maximum atomic E-state index is 14.5. The predicted molar refractivity (Wildman–Crippen MR) is 165 cm³/mol. The summed E-state index contributed by atoms with van der Waals surface area (Å²) in [4.78, 5) is 58.8. The van der Waals surface area contributed by atoms with E-state index in [2.05, 4.69) is 0 Å². The summed E-state index contributed by atoms with van der Waals surface area (Å²) in [5.41, 5.74) is 0.624. The topological polar surface area (TPSA) is 104 Å². The predicted octanol–water partition coefficient (Wildman–Crippen LogP) is 6.28. The molecular weight excluding hydrogens is 622 g/mol. The summed E-state index contributed by atoms with van der Waals surface area (Å²) >= 11 is 12.1. The minimum absolute atomic E-state index is 0.0976. The number of methoxy groups -OCH3 is 1. The van der Waals surface area contributed by atoms with Gasteiger partial charge in [-0.3, -0.25) is 24.1 Å². The normalized spacial score (nSPS) is 29.0. The van der Waals surface area contributed by atoms with Crippen LogP contribution in [0.15, 0.2) is 72.3 Å². The van der Waals surface area contributed by atoms with Gasteiger partial charge in [-0.15, -0.1) is 0 Å². The Bertz CT molecular complexity index is 1840. The van der Waals surface area contributed by atoms with Gasteiger partial charge in [-0.05, 0) is 85.8 Å². The zero-order valence-corrected chi connectivity index (χ0v) is 25.7. The first-order chi connectivity index (χ1) is 21.5. The molecule has 0 unspecified atom stereocenters. The highest BCUT2D eigenvalue weighted by Crippen LogP contribution is 2.64. The second kappa shape index (κ2) is 10.4. The molecule has 2 saturated heterocycles. The van der Waals surface area contributed by atoms with Crippen molar-refractivity contribution < 1.29 is 33.4 Å². The summed E-state index contributed by atoms with van der Waals surface area (Å²) < 4.78 is 19.5. The van der Waals surface area contributed by atoms with Crippen LogP contribution in [0, 0.1) is 34.9 Å². The number of ether oxygens (including phenoxy) is 1. The number of hydrogen-bond donors (Lipinski definition) is 1. The highest BCUT2D eigenvalue weighted by Gasteiger charge is 2.67. The van der Waals surface area contributed by atoms with Gasteiger partial charge in [0, 0.05) is 10.9 Å². The maximum absolute atomic E-state index is 14.5. The van der Waals surface area contributed by atoms with E-state index in [4.69, 9.17) is 27.9 Å². The van der Waals surface area contributed by atoms with Gasteiger partial charge in [-0.25, -0.2) is 9.29 Å². The molecule has 8 nitrogen and oxygen atoms in total. The third-order valence-electron chi connectivity index (χ3n) is 10.1. The van der Waals surface area contributed by atoms with Crippen molar-refractivity contribution in [2.75, 3.05) is 16.9 Å². The molecule has 6 atom stereocenters. The molecule has 2 heterocycles. The van der Waals surface area contributed by atoms with Gasteiger partial charge in [0.05, 0.1) is 46.7 Å². The summed E-state index contributed by atoms with van der Waals surface area (Å²) in [7, 11) is 1.41. The van der Waals surface area contributed by atoms with E-state index in [-0.39, 0.29) is 46.9 Å². The van der Waals surface area contributed by atoms with Gasteiger partial charge in [0.25, 0.3) is 0 Å². The van der Waals surface area contributed by atoms with Crippen molar-refractivity contribution in [3.8, 4) is 11.5 Å². The molecule has 2 aliphatic heterocycles. The number of anilines is 2. The van der Waals surface area contributed by atoms with Crippen LogP contribution in [0.1, 0.15) is 31.2 Å². The lowest BCUT2D eigenvalue weighted by molar-refractivity contribution is -0.131. The maximum Gasteiger partial charge on any atom is 0.241 e. The number of hydrogen-bond acceptors (Lipinski definition) is 6. The second-order valence-corrected chi connectivity index (χ2v) is 13.0. The monoisotopic (exact) mass is 648 g/mol. The lowest BCUT2D eigenvalue weighted by atomic mass is 9.51. The Morgan fingerprint density at radius 1 is 0.889 bits per heavy atom. The van der Waals surface area contributed by atoms with Crippen LogP contribution in [0.2, 0.25) is 10.0 Å². The van der Waals surface area contributed by atoms with Crippen LogP contribution in [-0.4, -0.2) is 35.8 Å². The van der Waals surface area contributed by atoms with Gasteiger partial charge in [-0.1, -0.05) is 40.9 Å². The van der Waals surface area contributed by atoms with E-state index in [1.54, 1.807) is 43.3 Å². The molecule has 1 saturated carbocycles. The molecule has 2 aliphatic carbocycles. The van der Waals surface area contributed by atoms with Crippen molar-refractivity contribution in [1.29, 1.82) is 0 Å². The Morgan fingerprint density at radius 3 is 2.29 bits per heavy atom. The number of imide groups is 2. The van der Waals surface area contributed by atoms with Crippen LogP contribution in [0.3, 0.4) is 0 Å². The fraction of sp³-hybridized carbons (Fsp3) is 0.294. The number of aromatic hydroxyl groups is 1. The van der Waals surface area contributed by atoms with Crippen LogP contribution in [0.4, 0.5) is 15.8 Å². The van der Waals surface area contributed by atoms with Crippen LogP contribution in [0.5, 0.6) is 11.5 Å². The van der Waals surface area contributed by atoms with Crippen molar-refractivity contribution in [3.05, 3.63) is 93.7 Å². The minimum Gasteiger partial charge on any atom is -0.504 e. The lowest BCUT2D eigenvalue weighted by Crippen LogP contribution is -2.48. The van der Waals surface area contributed by atoms with Crippen molar-refractivity contribution in [2.45, 2.75) is 25.7 Å². The smallest absolute Gasteiger partial charge is 0.241 e. The van der Waals surface area contributed by atoms with Crippen LogP contribution in [-0.2, 0) is 19.2 Å². The van der Waals surface area contributed by atoms with Gasteiger partial charge in [-0.2, -0.15) is 0 Å². The van der Waals surface area contributed by atoms with Crippen molar-refractivity contribution in [2.24, 2.45) is 29.1 Å². The van der Waals surface area contributed by atoms with Crippen molar-refractivity contribution in [1.82, 2.24) is 0 Å². The summed E-state index contributed by atoms with van der Waals surface area (Å²) in [6, 6.07) is 14.9. The Morgan fingerprint density at radius 2 is 1.60 bits per heavy atom. The number of phenolic OH excluding ortho intramolecular Hbond substituents is 1. The second-order valence-electron chi connectivity index (χ2n) is 12.2. The molecule has 11 heteroatoms. The van der Waals surface area contributed by atoms with Crippen molar-refractivity contribution in [3.63, 3.8) is 0 Å². The van der Waals surface area contributed by atoms with E-state index in [0.29, 0.717) is 16.3 Å². The summed E-state index contributed by atoms with van der Waals surface area (Å²) in [5, 5.41) is 10.6. The van der Waals surface area contributed by atoms with E-state index < -0.39 is 52.6 Å². The van der Waals surface area contributed by atoms with Crippen LogP contribution < -0.4 is 14.5 Å². The average Bonchev–Trinajstić information content (AvgIpc) is 3.39. The Hall–Kier alpha value is -4.21. The van der Waals surface area contributed by atoms with Gasteiger partial charge in [0.2, 0.25) is 23.6 Å². The molecule has 3 aromatic rings. The van der Waals surface area contributed by atoms with Gasteiger partial charge >= 0.3 is 0 Å². The van der Waals surface area contributed by atoms with Gasteiger partial charge < -0.3 is 9.84 Å². The van der Waals surface area contributed by atoms with Crippen molar-refractivity contribution >= 4 is 58.2 Å². The fourth-order valence-corrected chi connectivity index (χ4v) is 8.28. The minimum atomic E-state index is -1.32. The third-order valence-corrected chi connectivity index (χ3v) is 10.6. The third kappa shape index (κ3) is 4.17. The van der Waals surface area contributed by atoms with E-state index in [9.17, 15) is 28.7 Å². The number of rotatable bonds is 4. The molecule has 0 bridgehead atoms. The SMILES string of the molecule is COc1cc([C@H]2C3=CC[C@@H]4C(=O)N(c5ccc(Cl)cc5)C(=O)[C@@H]4[C@@H]3C[C@H]3C(=O)N(c4ccc(F)c(Cl)c4)C(=O)[C@@]23C)ccc1O. The zero-order chi connectivity index (χ0) is 31.9. The van der Waals surface area contributed by atoms with E-state index in [1.165, 1.54) is 30.2 Å². The molecule has 45 heavy (non-hydrogen) atoms. The number of carbonyl (C=O) groups is 4. The summed E-state index contributed by atoms with van der Waals surface area (Å²) in [6.45, 7) is 1.73. The van der Waals surface area contributed by atoms with Gasteiger partial charge in [0.1, 0.15) is 5.82 Å². The van der Waals surface area contributed by atoms with Gasteiger partial charge in [0.15, 0.2) is 11.5 Å². The molecule has 0 spiro atoms. The highest BCUT2D eigenvalue weighted by atomic mass is 35.5. The molecular formula is C34H27Cl2FN2O6. The van der Waals surface area contributed by atoms with E-state index in [1.807, 2.05) is 6.08 Å². The quantitative estimate of drug-likeness (QED) is 0.264. The average molecular weight is 650 g/mol. The first-order valence-electron chi connectivity index (χ1n) is 14.5. The number of phenols is 1. The number of fused-ring (bicyclic) bond motifs is 4. The zero-order valence-electron chi connectivity index (χ0n) is 24.2. The summed E-state index contributed by atoms with van der Waals surface area (Å²) in [6.07, 6.45) is 2.36.